The van der Waals surface area contributed by atoms with Crippen LogP contribution in [0.4, 0.5) is 0 Å². The van der Waals surface area contributed by atoms with E-state index in [1.165, 1.54) is 5.56 Å². The molecule has 1 unspecified atom stereocenters. The summed E-state index contributed by atoms with van der Waals surface area (Å²) in [6, 6.07) is 15.7. The van der Waals surface area contributed by atoms with Crippen LogP contribution in [0.2, 0.25) is 0 Å². The van der Waals surface area contributed by atoms with Gasteiger partial charge in [0.05, 0.1) is 6.10 Å². The van der Waals surface area contributed by atoms with Gasteiger partial charge in [-0.1, -0.05) is 49.7 Å². The molecule has 2 aromatic carbocycles. The van der Waals surface area contributed by atoms with Crippen LogP contribution >= 0.6 is 0 Å². The summed E-state index contributed by atoms with van der Waals surface area (Å²) in [7, 11) is 0. The first kappa shape index (κ1) is 15.6. The molecule has 2 N–H and O–H groups in total. The van der Waals surface area contributed by atoms with Gasteiger partial charge < -0.3 is 10.2 Å². The highest BCUT2D eigenvalue weighted by Crippen LogP contribution is 2.26. The van der Waals surface area contributed by atoms with Crippen LogP contribution in [0.5, 0.6) is 5.75 Å². The van der Waals surface area contributed by atoms with Crippen molar-refractivity contribution in [2.75, 3.05) is 0 Å². The number of phenolic OH excluding ortho intramolecular Hbond substituents is 1. The number of aromatic hydroxyl groups is 1. The number of aliphatic hydroxyl groups excluding tert-OH is 1. The van der Waals surface area contributed by atoms with E-state index < -0.39 is 6.10 Å². The Hall–Kier alpha value is -1.80. The molecule has 0 amide bonds. The van der Waals surface area contributed by atoms with Gasteiger partial charge in [0.2, 0.25) is 0 Å². The van der Waals surface area contributed by atoms with Gasteiger partial charge in [0.25, 0.3) is 0 Å². The minimum atomic E-state index is -0.480. The van der Waals surface area contributed by atoms with Crippen LogP contribution in [0.25, 0.3) is 0 Å². The van der Waals surface area contributed by atoms with E-state index in [1.807, 2.05) is 30.3 Å². The molecule has 0 radical (unpaired) electrons. The lowest BCUT2D eigenvalue weighted by Crippen LogP contribution is -2.01. The van der Waals surface area contributed by atoms with E-state index in [-0.39, 0.29) is 0 Å². The zero-order valence-electron chi connectivity index (χ0n) is 12.6. The third-order valence-electron chi connectivity index (χ3n) is 3.84. The van der Waals surface area contributed by atoms with Crippen molar-refractivity contribution in [1.29, 1.82) is 0 Å². The smallest absolute Gasteiger partial charge is 0.118 e. The lowest BCUT2D eigenvalue weighted by molar-refractivity contribution is 0.167. The molecule has 2 aromatic rings. The molecule has 0 saturated carbocycles. The Bertz CT molecular complexity index is 549. The minimum absolute atomic E-state index is 0.336. The van der Waals surface area contributed by atoms with Crippen LogP contribution in [0.3, 0.4) is 0 Å². The van der Waals surface area contributed by atoms with Crippen LogP contribution in [-0.4, -0.2) is 10.2 Å². The van der Waals surface area contributed by atoms with Crippen molar-refractivity contribution in [3.8, 4) is 5.75 Å². The Labute approximate surface area is 127 Å². The molecule has 0 aliphatic carbocycles. The minimum Gasteiger partial charge on any atom is -0.508 e. The van der Waals surface area contributed by atoms with Crippen molar-refractivity contribution in [2.45, 2.75) is 45.1 Å². The number of rotatable bonds is 7. The highest BCUT2D eigenvalue weighted by Gasteiger charge is 2.10. The molecule has 0 heterocycles. The molecule has 0 aromatic heterocycles. The molecule has 21 heavy (non-hydrogen) atoms. The Morgan fingerprint density at radius 3 is 2.48 bits per heavy atom. The second-order valence-corrected chi connectivity index (χ2v) is 5.53. The molecule has 2 nitrogen and oxygen atoms in total. The third-order valence-corrected chi connectivity index (χ3v) is 3.84. The first-order chi connectivity index (χ1) is 10.2. The quantitative estimate of drug-likeness (QED) is 0.791. The van der Waals surface area contributed by atoms with Crippen molar-refractivity contribution < 1.29 is 10.2 Å². The monoisotopic (exact) mass is 284 g/mol. The van der Waals surface area contributed by atoms with Crippen LogP contribution in [0.15, 0.2) is 48.5 Å². The normalized spacial score (nSPS) is 12.3. The second kappa shape index (κ2) is 7.84. The van der Waals surface area contributed by atoms with Gasteiger partial charge in [0.15, 0.2) is 0 Å². The summed E-state index contributed by atoms with van der Waals surface area (Å²) in [5.41, 5.74) is 3.07. The van der Waals surface area contributed by atoms with Gasteiger partial charge in [-0.15, -0.1) is 0 Å². The summed E-state index contributed by atoms with van der Waals surface area (Å²) >= 11 is 0. The summed E-state index contributed by atoms with van der Waals surface area (Å²) < 4.78 is 0. The molecule has 0 aliphatic rings. The lowest BCUT2D eigenvalue weighted by Gasteiger charge is -2.13. The van der Waals surface area contributed by atoms with Crippen molar-refractivity contribution in [3.05, 3.63) is 65.2 Å². The molecule has 0 bridgehead atoms. The third kappa shape index (κ3) is 4.61. The fourth-order valence-corrected chi connectivity index (χ4v) is 2.49. The van der Waals surface area contributed by atoms with E-state index in [1.54, 1.807) is 6.07 Å². The van der Waals surface area contributed by atoms with E-state index >= 15 is 0 Å². The van der Waals surface area contributed by atoms with E-state index in [9.17, 15) is 10.2 Å². The number of benzene rings is 2. The van der Waals surface area contributed by atoms with E-state index in [0.29, 0.717) is 12.2 Å². The van der Waals surface area contributed by atoms with Crippen LogP contribution in [-0.2, 0) is 12.8 Å². The highest BCUT2D eigenvalue weighted by atomic mass is 16.3. The summed E-state index contributed by atoms with van der Waals surface area (Å²) in [5, 5.41) is 20.2. The van der Waals surface area contributed by atoms with Crippen molar-refractivity contribution in [3.63, 3.8) is 0 Å². The van der Waals surface area contributed by atoms with Gasteiger partial charge >= 0.3 is 0 Å². The maximum atomic E-state index is 10.3. The summed E-state index contributed by atoms with van der Waals surface area (Å²) in [5.74, 6) is 0.336. The van der Waals surface area contributed by atoms with Crippen LogP contribution in [0.1, 0.15) is 49.0 Å². The summed E-state index contributed by atoms with van der Waals surface area (Å²) in [6.45, 7) is 2.13. The molecular weight excluding hydrogens is 260 g/mol. The molecule has 112 valence electrons. The second-order valence-electron chi connectivity index (χ2n) is 5.53. The SMILES string of the molecule is CCCCc1cc(C(O)CCc2ccccc2)ccc1O. The van der Waals surface area contributed by atoms with Gasteiger partial charge in [0.1, 0.15) is 5.75 Å². The first-order valence-corrected chi connectivity index (χ1v) is 7.74. The number of aryl methyl sites for hydroxylation is 2. The molecule has 2 heteroatoms. The van der Waals surface area contributed by atoms with Gasteiger partial charge in [-0.25, -0.2) is 0 Å². The van der Waals surface area contributed by atoms with Gasteiger partial charge in [-0.3, -0.25) is 0 Å². The Morgan fingerprint density at radius 2 is 1.76 bits per heavy atom. The number of unbranched alkanes of at least 4 members (excludes halogenated alkanes) is 1. The zero-order valence-corrected chi connectivity index (χ0v) is 12.6. The molecule has 0 saturated heterocycles. The fraction of sp³-hybridized carbons (Fsp3) is 0.368. The molecular formula is C19H24O2. The Kier molecular flexibility index (Phi) is 5.82. The average molecular weight is 284 g/mol. The topological polar surface area (TPSA) is 40.5 Å². The number of phenols is 1. The fourth-order valence-electron chi connectivity index (χ4n) is 2.49. The van der Waals surface area contributed by atoms with Gasteiger partial charge in [-0.2, -0.15) is 0 Å². The predicted octanol–water partition coefficient (Wildman–Crippen LogP) is 4.40. The van der Waals surface area contributed by atoms with Crippen molar-refractivity contribution in [2.24, 2.45) is 0 Å². The predicted molar refractivity (Wildman–Crippen MR) is 86.4 cm³/mol. The van der Waals surface area contributed by atoms with Gasteiger partial charge in [-0.05, 0) is 54.5 Å². The molecule has 0 aliphatic heterocycles. The Morgan fingerprint density at radius 1 is 1.00 bits per heavy atom. The maximum absolute atomic E-state index is 10.3. The van der Waals surface area contributed by atoms with Crippen LogP contribution < -0.4 is 0 Å². The number of hydrogen-bond donors (Lipinski definition) is 2. The summed E-state index contributed by atoms with van der Waals surface area (Å²) in [4.78, 5) is 0. The Balaban J connectivity index is 2.00. The molecule has 0 fully saturated rings. The van der Waals surface area contributed by atoms with E-state index in [2.05, 4.69) is 19.1 Å². The standard InChI is InChI=1S/C19H24O2/c1-2-3-9-16-14-17(11-13-19(16)21)18(20)12-10-15-7-5-4-6-8-15/h4-8,11,13-14,18,20-21H,2-3,9-10,12H2,1H3. The van der Waals surface area contributed by atoms with Crippen LogP contribution in [0, 0.1) is 0 Å². The zero-order chi connectivity index (χ0) is 15.1. The molecule has 0 spiro atoms. The lowest BCUT2D eigenvalue weighted by atomic mass is 9.97. The van der Waals surface area contributed by atoms with Crippen molar-refractivity contribution >= 4 is 0 Å². The van der Waals surface area contributed by atoms with E-state index in [4.69, 9.17) is 0 Å². The maximum Gasteiger partial charge on any atom is 0.118 e. The summed E-state index contributed by atoms with van der Waals surface area (Å²) in [6.07, 6.45) is 4.08. The van der Waals surface area contributed by atoms with Crippen molar-refractivity contribution in [1.82, 2.24) is 0 Å². The molecule has 2 rings (SSSR count). The highest BCUT2D eigenvalue weighted by molar-refractivity contribution is 5.37. The number of aliphatic hydroxyl groups is 1. The molecule has 1 atom stereocenters. The first-order valence-electron chi connectivity index (χ1n) is 7.74. The largest absolute Gasteiger partial charge is 0.508 e. The number of hydrogen-bond acceptors (Lipinski definition) is 2. The van der Waals surface area contributed by atoms with Gasteiger partial charge in [0, 0.05) is 0 Å². The van der Waals surface area contributed by atoms with E-state index in [0.717, 1.165) is 36.8 Å². The average Bonchev–Trinajstić information content (AvgIpc) is 2.53.